The van der Waals surface area contributed by atoms with E-state index in [0.717, 1.165) is 31.7 Å². The molecule has 98 valence electrons. The molecule has 1 aromatic rings. The molecule has 1 unspecified atom stereocenters. The van der Waals surface area contributed by atoms with Gasteiger partial charge in [-0.1, -0.05) is 25.1 Å². The van der Waals surface area contributed by atoms with Crippen molar-refractivity contribution in [3.63, 3.8) is 0 Å². The fourth-order valence-corrected chi connectivity index (χ4v) is 2.69. The average molecular weight is 267 g/mol. The molecule has 0 spiro atoms. The van der Waals surface area contributed by atoms with Crippen molar-refractivity contribution in [2.24, 2.45) is 11.8 Å². The number of rotatable bonds is 1. The van der Waals surface area contributed by atoms with Crippen LogP contribution in [0.1, 0.15) is 12.5 Å². The summed E-state index contributed by atoms with van der Waals surface area (Å²) in [6.45, 7) is 4.76. The quantitative estimate of drug-likeness (QED) is 0.842. The largest absolute Gasteiger partial charge is 0.315 e. The number of benzene rings is 1. The smallest absolute Gasteiger partial charge is 0.232 e. The number of hydrogen-bond donors (Lipinski definition) is 1. The van der Waals surface area contributed by atoms with Gasteiger partial charge in [0, 0.05) is 25.3 Å². The Labute approximate surface area is 114 Å². The van der Waals surface area contributed by atoms with Gasteiger partial charge >= 0.3 is 0 Å². The number of anilines is 1. The summed E-state index contributed by atoms with van der Waals surface area (Å²) in [5.74, 6) is 1.04. The van der Waals surface area contributed by atoms with E-state index in [4.69, 9.17) is 0 Å². The summed E-state index contributed by atoms with van der Waals surface area (Å²) < 4.78 is 0. The van der Waals surface area contributed by atoms with Crippen molar-refractivity contribution >= 4 is 24.0 Å². The van der Waals surface area contributed by atoms with Gasteiger partial charge in [-0.2, -0.15) is 0 Å². The summed E-state index contributed by atoms with van der Waals surface area (Å²) in [7, 11) is 0. The molecule has 1 saturated heterocycles. The first-order valence-corrected chi connectivity index (χ1v) is 6.35. The van der Waals surface area contributed by atoms with Crippen LogP contribution < -0.4 is 10.2 Å². The Bertz CT molecular complexity index is 445. The average Bonchev–Trinajstić information content (AvgIpc) is 2.25. The van der Waals surface area contributed by atoms with Gasteiger partial charge < -0.3 is 10.2 Å². The number of halogens is 1. The van der Waals surface area contributed by atoms with Crippen LogP contribution in [0.5, 0.6) is 0 Å². The fourth-order valence-electron chi connectivity index (χ4n) is 2.69. The lowest BCUT2D eigenvalue weighted by atomic mass is 9.92. The van der Waals surface area contributed by atoms with E-state index in [-0.39, 0.29) is 18.3 Å². The van der Waals surface area contributed by atoms with E-state index in [1.165, 1.54) is 5.56 Å². The van der Waals surface area contributed by atoms with Crippen LogP contribution in [-0.2, 0) is 11.2 Å². The Kier molecular flexibility index (Phi) is 3.93. The summed E-state index contributed by atoms with van der Waals surface area (Å²) in [6, 6.07) is 8.30. The number of hydrogen-bond acceptors (Lipinski definition) is 2. The molecule has 0 bridgehead atoms. The maximum atomic E-state index is 12.4. The number of fused-ring (bicyclic) bond motifs is 1. The third-order valence-corrected chi connectivity index (χ3v) is 3.74. The minimum Gasteiger partial charge on any atom is -0.315 e. The third-order valence-electron chi connectivity index (χ3n) is 3.74. The van der Waals surface area contributed by atoms with Crippen LogP contribution >= 0.6 is 12.4 Å². The molecule has 3 rings (SSSR count). The van der Waals surface area contributed by atoms with Gasteiger partial charge in [0.1, 0.15) is 0 Å². The van der Waals surface area contributed by atoms with Gasteiger partial charge in [-0.25, -0.2) is 0 Å². The minimum absolute atomic E-state index is 0. The molecule has 1 aromatic carbocycles. The Morgan fingerprint density at radius 3 is 2.72 bits per heavy atom. The zero-order valence-corrected chi connectivity index (χ0v) is 11.4. The van der Waals surface area contributed by atoms with E-state index in [1.807, 2.05) is 11.0 Å². The molecule has 0 saturated carbocycles. The number of nitrogens with one attached hydrogen (secondary N) is 1. The van der Waals surface area contributed by atoms with Crippen molar-refractivity contribution in [3.8, 4) is 0 Å². The Morgan fingerprint density at radius 2 is 2.06 bits per heavy atom. The highest BCUT2D eigenvalue weighted by atomic mass is 35.5. The van der Waals surface area contributed by atoms with Crippen molar-refractivity contribution in [2.75, 3.05) is 24.5 Å². The molecule has 1 N–H and O–H groups in total. The topological polar surface area (TPSA) is 32.3 Å². The van der Waals surface area contributed by atoms with Gasteiger partial charge in [0.05, 0.1) is 5.92 Å². The molecule has 0 radical (unpaired) electrons. The van der Waals surface area contributed by atoms with E-state index < -0.39 is 0 Å². The maximum Gasteiger partial charge on any atom is 0.232 e. The summed E-state index contributed by atoms with van der Waals surface area (Å²) in [6.07, 6.45) is 1.09. The first kappa shape index (κ1) is 13.4. The number of carbonyl (C=O) groups excluding carboxylic acids is 1. The zero-order chi connectivity index (χ0) is 11.8. The fraction of sp³-hybridized carbons (Fsp3) is 0.500. The van der Waals surface area contributed by atoms with E-state index in [1.54, 1.807) is 0 Å². The van der Waals surface area contributed by atoms with Crippen molar-refractivity contribution in [1.29, 1.82) is 0 Å². The van der Waals surface area contributed by atoms with E-state index >= 15 is 0 Å². The van der Waals surface area contributed by atoms with Gasteiger partial charge in [0.15, 0.2) is 0 Å². The predicted molar refractivity (Wildman–Crippen MR) is 75.3 cm³/mol. The van der Waals surface area contributed by atoms with E-state index in [9.17, 15) is 4.79 Å². The predicted octanol–water partition coefficient (Wildman–Crippen LogP) is 1.85. The molecule has 18 heavy (non-hydrogen) atoms. The number of para-hydroxylation sites is 1. The van der Waals surface area contributed by atoms with Gasteiger partial charge in [0.2, 0.25) is 5.91 Å². The first-order valence-electron chi connectivity index (χ1n) is 6.35. The molecular formula is C14H19ClN2O. The lowest BCUT2D eigenvalue weighted by molar-refractivity contribution is -0.124. The van der Waals surface area contributed by atoms with Gasteiger partial charge in [-0.15, -0.1) is 12.4 Å². The van der Waals surface area contributed by atoms with Crippen LogP contribution in [0.25, 0.3) is 0 Å². The summed E-state index contributed by atoms with van der Waals surface area (Å²) in [4.78, 5) is 14.4. The second kappa shape index (κ2) is 5.29. The summed E-state index contributed by atoms with van der Waals surface area (Å²) in [5, 5.41) is 3.17. The third kappa shape index (κ3) is 2.25. The lowest BCUT2D eigenvalue weighted by Crippen LogP contribution is -2.53. The molecule has 0 aromatic heterocycles. The van der Waals surface area contributed by atoms with Gasteiger partial charge in [-0.05, 0) is 24.0 Å². The summed E-state index contributed by atoms with van der Waals surface area (Å²) in [5.41, 5.74) is 2.44. The van der Waals surface area contributed by atoms with Crippen LogP contribution in [0.4, 0.5) is 5.69 Å². The molecular weight excluding hydrogens is 248 g/mol. The monoisotopic (exact) mass is 266 g/mol. The van der Waals surface area contributed by atoms with E-state index in [2.05, 4.69) is 30.4 Å². The Morgan fingerprint density at radius 1 is 1.33 bits per heavy atom. The van der Waals surface area contributed by atoms with Gasteiger partial charge in [-0.3, -0.25) is 4.79 Å². The van der Waals surface area contributed by atoms with Gasteiger partial charge in [0.25, 0.3) is 0 Å². The molecule has 3 nitrogen and oxygen atoms in total. The molecule has 1 amide bonds. The molecule has 0 aliphatic carbocycles. The minimum atomic E-state index is 0. The normalized spacial score (nSPS) is 22.7. The second-order valence-corrected chi connectivity index (χ2v) is 5.24. The number of carbonyl (C=O) groups is 1. The van der Waals surface area contributed by atoms with Crippen molar-refractivity contribution in [2.45, 2.75) is 13.3 Å². The number of amides is 1. The maximum absolute atomic E-state index is 12.4. The van der Waals surface area contributed by atoms with Crippen molar-refractivity contribution in [3.05, 3.63) is 29.8 Å². The van der Waals surface area contributed by atoms with Crippen LogP contribution in [0.15, 0.2) is 24.3 Å². The molecule has 2 aliphatic rings. The number of nitrogens with zero attached hydrogens (tertiary/aromatic N) is 1. The highest BCUT2D eigenvalue weighted by Gasteiger charge is 2.33. The van der Waals surface area contributed by atoms with Crippen LogP contribution in [0.3, 0.4) is 0 Å². The Hall–Kier alpha value is -1.06. The molecule has 2 aliphatic heterocycles. The van der Waals surface area contributed by atoms with Crippen LogP contribution in [0.2, 0.25) is 0 Å². The molecule has 2 heterocycles. The van der Waals surface area contributed by atoms with E-state index in [0.29, 0.717) is 11.8 Å². The van der Waals surface area contributed by atoms with Crippen molar-refractivity contribution in [1.82, 2.24) is 5.32 Å². The first-order chi connectivity index (χ1) is 8.25. The zero-order valence-electron chi connectivity index (χ0n) is 10.6. The molecule has 4 heteroatoms. The highest BCUT2D eigenvalue weighted by Crippen LogP contribution is 2.30. The lowest BCUT2D eigenvalue weighted by Gasteiger charge is -2.37. The van der Waals surface area contributed by atoms with Crippen LogP contribution in [-0.4, -0.2) is 25.5 Å². The second-order valence-electron chi connectivity index (χ2n) is 5.24. The van der Waals surface area contributed by atoms with Crippen molar-refractivity contribution < 1.29 is 4.79 Å². The standard InChI is InChI=1S/C14H18N2O.ClH/c1-10-6-11-4-2-3-5-13(11)16(9-10)14(17)12-7-15-8-12;/h2-5,10,12,15H,6-9H2,1H3;1H. The molecule has 1 fully saturated rings. The summed E-state index contributed by atoms with van der Waals surface area (Å²) >= 11 is 0. The molecule has 1 atom stereocenters. The Balaban J connectivity index is 0.00000120. The van der Waals surface area contributed by atoms with Crippen LogP contribution in [0, 0.1) is 11.8 Å². The highest BCUT2D eigenvalue weighted by molar-refractivity contribution is 5.97. The SMILES string of the molecule is CC1Cc2ccccc2N(C(=O)C2CNC2)C1.Cl.